The van der Waals surface area contributed by atoms with Gasteiger partial charge in [-0.2, -0.15) is 5.10 Å². The number of carbonyl (C=O) groups excluding carboxylic acids is 2. The van der Waals surface area contributed by atoms with Crippen LogP contribution in [0.4, 0.5) is 0 Å². The molecule has 2 rings (SSSR count). The van der Waals surface area contributed by atoms with Gasteiger partial charge in [0, 0.05) is 42.9 Å². The lowest BCUT2D eigenvalue weighted by molar-refractivity contribution is -0.139. The lowest BCUT2D eigenvalue weighted by Crippen LogP contribution is -2.38. The van der Waals surface area contributed by atoms with Gasteiger partial charge in [0.05, 0.1) is 13.3 Å². The summed E-state index contributed by atoms with van der Waals surface area (Å²) in [5.41, 5.74) is 6.06. The molecule has 2 amide bonds. The first-order valence-corrected chi connectivity index (χ1v) is 8.91. The molecule has 2 N–H and O–H groups in total. The third-order valence-electron chi connectivity index (χ3n) is 4.19. The summed E-state index contributed by atoms with van der Waals surface area (Å²) in [4.78, 5) is 23.4. The van der Waals surface area contributed by atoms with E-state index >= 15 is 0 Å². The lowest BCUT2D eigenvalue weighted by atomic mass is 10.2. The van der Waals surface area contributed by atoms with Gasteiger partial charge in [-0.3, -0.25) is 9.59 Å². The number of amides is 2. The van der Waals surface area contributed by atoms with Gasteiger partial charge < -0.3 is 19.4 Å². The van der Waals surface area contributed by atoms with E-state index in [0.29, 0.717) is 19.6 Å². The smallest absolute Gasteiger partial charge is 0.329 e. The first-order chi connectivity index (χ1) is 13.5. The second-order valence-electron chi connectivity index (χ2n) is 6.16. The molecular formula is C20H26N4O4. The van der Waals surface area contributed by atoms with Crippen molar-refractivity contribution in [2.24, 2.45) is 5.10 Å². The van der Waals surface area contributed by atoms with Crippen LogP contribution in [0.15, 0.2) is 35.4 Å². The molecule has 0 atom stereocenters. The third kappa shape index (κ3) is 5.43. The van der Waals surface area contributed by atoms with E-state index in [4.69, 9.17) is 9.47 Å². The van der Waals surface area contributed by atoms with E-state index in [0.717, 1.165) is 28.4 Å². The summed E-state index contributed by atoms with van der Waals surface area (Å²) in [6.07, 6.45) is 2.16. The molecule has 1 aromatic carbocycles. The molecule has 0 unspecified atom stereocenters. The minimum atomic E-state index is -0.808. The number of nitrogens with one attached hydrogen (secondary N) is 2. The zero-order valence-corrected chi connectivity index (χ0v) is 16.6. The molecule has 1 aromatic heterocycles. The summed E-state index contributed by atoms with van der Waals surface area (Å²) in [5.74, 6) is -0.745. The van der Waals surface area contributed by atoms with Gasteiger partial charge in [0.25, 0.3) is 0 Å². The van der Waals surface area contributed by atoms with Crippen molar-refractivity contribution in [1.82, 2.24) is 15.3 Å². The maximum atomic E-state index is 11.8. The number of ether oxygens (including phenoxy) is 2. The maximum Gasteiger partial charge on any atom is 0.329 e. The Balaban J connectivity index is 2.00. The molecule has 2 aromatic rings. The van der Waals surface area contributed by atoms with Crippen molar-refractivity contribution >= 4 is 18.0 Å². The largest absolute Gasteiger partial charge is 0.497 e. The van der Waals surface area contributed by atoms with Crippen LogP contribution < -0.4 is 15.5 Å². The van der Waals surface area contributed by atoms with Gasteiger partial charge >= 0.3 is 11.8 Å². The number of hydrazone groups is 1. The third-order valence-corrected chi connectivity index (χ3v) is 4.19. The van der Waals surface area contributed by atoms with Crippen LogP contribution in [0.25, 0.3) is 5.69 Å². The highest BCUT2D eigenvalue weighted by molar-refractivity contribution is 6.35. The van der Waals surface area contributed by atoms with Gasteiger partial charge in [0.1, 0.15) is 5.75 Å². The summed E-state index contributed by atoms with van der Waals surface area (Å²) >= 11 is 0. The number of methoxy groups -OCH3 is 2. The fourth-order valence-corrected chi connectivity index (χ4v) is 2.76. The van der Waals surface area contributed by atoms with E-state index in [1.54, 1.807) is 14.2 Å². The Morgan fingerprint density at radius 1 is 1.14 bits per heavy atom. The zero-order valence-electron chi connectivity index (χ0n) is 16.6. The summed E-state index contributed by atoms with van der Waals surface area (Å²) in [7, 11) is 3.21. The fourth-order valence-electron chi connectivity index (χ4n) is 2.76. The number of hydrogen-bond donors (Lipinski definition) is 2. The number of aromatic nitrogens is 1. The topological polar surface area (TPSA) is 94.0 Å². The fraction of sp³-hybridized carbons (Fsp3) is 0.350. The van der Waals surface area contributed by atoms with Gasteiger partial charge in [0.15, 0.2) is 0 Å². The minimum absolute atomic E-state index is 0.368. The molecule has 0 aliphatic rings. The standard InChI is InChI=1S/C20H26N4O4/c1-14-12-16(13-22-23-20(26)19(25)21-10-5-11-27-3)15(2)24(14)17-6-8-18(28-4)9-7-17/h6-9,12-13H,5,10-11H2,1-4H3,(H,21,25)(H,23,26)/b22-13-. The molecule has 0 saturated carbocycles. The Labute approximate surface area is 164 Å². The van der Waals surface area contributed by atoms with Crippen LogP contribution >= 0.6 is 0 Å². The monoisotopic (exact) mass is 386 g/mol. The highest BCUT2D eigenvalue weighted by atomic mass is 16.5. The Morgan fingerprint density at radius 3 is 2.50 bits per heavy atom. The minimum Gasteiger partial charge on any atom is -0.497 e. The van der Waals surface area contributed by atoms with Crippen molar-refractivity contribution < 1.29 is 19.1 Å². The average Bonchev–Trinajstić information content (AvgIpc) is 2.98. The van der Waals surface area contributed by atoms with E-state index < -0.39 is 11.8 Å². The van der Waals surface area contributed by atoms with E-state index in [2.05, 4.69) is 20.4 Å². The maximum absolute atomic E-state index is 11.8. The van der Waals surface area contributed by atoms with Crippen LogP contribution in [-0.4, -0.2) is 50.0 Å². The molecule has 150 valence electrons. The number of nitrogens with zero attached hydrogens (tertiary/aromatic N) is 2. The predicted molar refractivity (Wildman–Crippen MR) is 107 cm³/mol. The highest BCUT2D eigenvalue weighted by Crippen LogP contribution is 2.21. The number of carbonyl (C=O) groups is 2. The molecule has 0 bridgehead atoms. The van der Waals surface area contributed by atoms with Crippen molar-refractivity contribution in [3.63, 3.8) is 0 Å². The molecule has 0 radical (unpaired) electrons. The highest BCUT2D eigenvalue weighted by Gasteiger charge is 2.12. The van der Waals surface area contributed by atoms with Gasteiger partial charge in [-0.15, -0.1) is 0 Å². The van der Waals surface area contributed by atoms with Crippen molar-refractivity contribution in [3.05, 3.63) is 47.3 Å². The second kappa shape index (κ2) is 10.3. The SMILES string of the molecule is COCCCNC(=O)C(=O)N/N=C\c1cc(C)n(-c2ccc(OC)cc2)c1C. The number of aryl methyl sites for hydroxylation is 1. The van der Waals surface area contributed by atoms with Gasteiger partial charge in [0.2, 0.25) is 0 Å². The van der Waals surface area contributed by atoms with Crippen LogP contribution in [0.5, 0.6) is 5.75 Å². The van der Waals surface area contributed by atoms with Crippen molar-refractivity contribution in [3.8, 4) is 11.4 Å². The Kier molecular flexibility index (Phi) is 7.76. The van der Waals surface area contributed by atoms with E-state index in [9.17, 15) is 9.59 Å². The second-order valence-corrected chi connectivity index (χ2v) is 6.16. The normalized spacial score (nSPS) is 10.9. The summed E-state index contributed by atoms with van der Waals surface area (Å²) in [6, 6.07) is 9.69. The van der Waals surface area contributed by atoms with Crippen molar-refractivity contribution in [2.45, 2.75) is 20.3 Å². The summed E-state index contributed by atoms with van der Waals surface area (Å²) < 4.78 is 12.1. The van der Waals surface area contributed by atoms with Crippen LogP contribution in [0.1, 0.15) is 23.4 Å². The number of rotatable bonds is 8. The molecule has 0 fully saturated rings. The van der Waals surface area contributed by atoms with Crippen molar-refractivity contribution in [1.29, 1.82) is 0 Å². The molecule has 0 aliphatic carbocycles. The van der Waals surface area contributed by atoms with Crippen LogP contribution in [-0.2, 0) is 14.3 Å². The molecule has 28 heavy (non-hydrogen) atoms. The van der Waals surface area contributed by atoms with Crippen LogP contribution in [0.3, 0.4) is 0 Å². The molecule has 0 spiro atoms. The summed E-state index contributed by atoms with van der Waals surface area (Å²) in [6.45, 7) is 4.83. The number of hydrogen-bond acceptors (Lipinski definition) is 5. The predicted octanol–water partition coefficient (Wildman–Crippen LogP) is 1.71. The molecule has 8 heteroatoms. The quantitative estimate of drug-likeness (QED) is 0.313. The Bertz CT molecular complexity index is 841. The molecule has 0 saturated heterocycles. The Hall–Kier alpha value is -3.13. The molecular weight excluding hydrogens is 360 g/mol. The summed E-state index contributed by atoms with van der Waals surface area (Å²) in [5, 5.41) is 6.40. The lowest BCUT2D eigenvalue weighted by Gasteiger charge is -2.10. The van der Waals surface area contributed by atoms with Gasteiger partial charge in [-0.25, -0.2) is 5.43 Å². The van der Waals surface area contributed by atoms with E-state index in [-0.39, 0.29) is 0 Å². The first-order valence-electron chi connectivity index (χ1n) is 8.91. The van der Waals surface area contributed by atoms with Crippen LogP contribution in [0.2, 0.25) is 0 Å². The molecule has 8 nitrogen and oxygen atoms in total. The zero-order chi connectivity index (χ0) is 20.5. The average molecular weight is 386 g/mol. The number of benzene rings is 1. The molecule has 1 heterocycles. The van der Waals surface area contributed by atoms with E-state index in [1.165, 1.54) is 6.21 Å². The van der Waals surface area contributed by atoms with Gasteiger partial charge in [-0.05, 0) is 50.6 Å². The molecule has 0 aliphatic heterocycles. The van der Waals surface area contributed by atoms with Crippen LogP contribution in [0, 0.1) is 13.8 Å². The van der Waals surface area contributed by atoms with Gasteiger partial charge in [-0.1, -0.05) is 0 Å². The van der Waals surface area contributed by atoms with Crippen molar-refractivity contribution in [2.75, 3.05) is 27.4 Å². The Morgan fingerprint density at radius 2 is 1.86 bits per heavy atom. The van der Waals surface area contributed by atoms with E-state index in [1.807, 2.05) is 44.2 Å². The first kappa shape index (κ1) is 21.2.